The van der Waals surface area contributed by atoms with Crippen molar-refractivity contribution in [3.05, 3.63) is 0 Å². The normalized spacial score (nSPS) is 28.5. The predicted octanol–water partition coefficient (Wildman–Crippen LogP) is -0.124. The van der Waals surface area contributed by atoms with Crippen LogP contribution in [0, 0.1) is 5.92 Å². The molecule has 0 amide bonds. The molecule has 4 heteroatoms. The summed E-state index contributed by atoms with van der Waals surface area (Å²) < 4.78 is 4.58. The molecule has 0 spiro atoms. The van der Waals surface area contributed by atoms with Crippen molar-refractivity contribution in [1.29, 1.82) is 0 Å². The molecular weight excluding hydrogens is 168 g/mol. The first kappa shape index (κ1) is 10.5. The molecule has 0 aromatic rings. The standard InChI is InChI=1S/C9H18N2O2/c1-13-9(12)3-2-7-4-5-11-6-8(7)10/h7-8,11H,2-6,10H2,1H3/t7-,8-/m0/s1. The summed E-state index contributed by atoms with van der Waals surface area (Å²) in [6.45, 7) is 1.88. The van der Waals surface area contributed by atoms with Gasteiger partial charge in [0, 0.05) is 19.0 Å². The van der Waals surface area contributed by atoms with Crippen LogP contribution in [0.3, 0.4) is 0 Å². The van der Waals surface area contributed by atoms with Crippen molar-refractivity contribution in [3.63, 3.8) is 0 Å². The molecule has 0 aromatic heterocycles. The number of esters is 1. The van der Waals surface area contributed by atoms with Gasteiger partial charge in [-0.1, -0.05) is 0 Å². The number of rotatable bonds is 3. The van der Waals surface area contributed by atoms with Gasteiger partial charge in [0.15, 0.2) is 0 Å². The monoisotopic (exact) mass is 186 g/mol. The highest BCUT2D eigenvalue weighted by atomic mass is 16.5. The topological polar surface area (TPSA) is 64.3 Å². The van der Waals surface area contributed by atoms with Crippen LogP contribution in [0.1, 0.15) is 19.3 Å². The number of hydrogen-bond acceptors (Lipinski definition) is 4. The van der Waals surface area contributed by atoms with Crippen molar-refractivity contribution >= 4 is 5.97 Å². The number of nitrogens with one attached hydrogen (secondary N) is 1. The van der Waals surface area contributed by atoms with E-state index in [0.717, 1.165) is 25.9 Å². The Bertz CT molecular complexity index is 173. The number of nitrogens with two attached hydrogens (primary N) is 1. The highest BCUT2D eigenvalue weighted by Crippen LogP contribution is 2.17. The first-order chi connectivity index (χ1) is 6.24. The molecule has 2 atom stereocenters. The van der Waals surface area contributed by atoms with Crippen LogP contribution in [0.2, 0.25) is 0 Å². The second-order valence-electron chi connectivity index (χ2n) is 3.53. The minimum Gasteiger partial charge on any atom is -0.469 e. The van der Waals surface area contributed by atoms with E-state index in [0.29, 0.717) is 12.3 Å². The van der Waals surface area contributed by atoms with Gasteiger partial charge < -0.3 is 15.8 Å². The minimum atomic E-state index is -0.134. The highest BCUT2D eigenvalue weighted by molar-refractivity contribution is 5.69. The Kier molecular flexibility index (Phi) is 4.18. The lowest BCUT2D eigenvalue weighted by atomic mass is 9.89. The van der Waals surface area contributed by atoms with Gasteiger partial charge in [0.05, 0.1) is 7.11 Å². The van der Waals surface area contributed by atoms with E-state index in [1.54, 1.807) is 0 Å². The van der Waals surface area contributed by atoms with Gasteiger partial charge in [-0.05, 0) is 25.3 Å². The minimum absolute atomic E-state index is 0.134. The first-order valence-electron chi connectivity index (χ1n) is 4.77. The summed E-state index contributed by atoms with van der Waals surface area (Å²) in [4.78, 5) is 10.9. The molecule has 0 radical (unpaired) electrons. The first-order valence-corrected chi connectivity index (χ1v) is 4.77. The van der Waals surface area contributed by atoms with Crippen molar-refractivity contribution in [1.82, 2.24) is 5.32 Å². The van der Waals surface area contributed by atoms with Crippen LogP contribution in [0.15, 0.2) is 0 Å². The average molecular weight is 186 g/mol. The van der Waals surface area contributed by atoms with E-state index in [2.05, 4.69) is 10.1 Å². The zero-order valence-electron chi connectivity index (χ0n) is 8.08. The Morgan fingerprint density at radius 2 is 2.46 bits per heavy atom. The predicted molar refractivity (Wildman–Crippen MR) is 50.2 cm³/mol. The summed E-state index contributed by atoms with van der Waals surface area (Å²) in [7, 11) is 1.42. The van der Waals surface area contributed by atoms with Gasteiger partial charge in [0.25, 0.3) is 0 Å². The summed E-state index contributed by atoms with van der Waals surface area (Å²) >= 11 is 0. The Morgan fingerprint density at radius 3 is 3.08 bits per heavy atom. The van der Waals surface area contributed by atoms with Crippen LogP contribution in [0.25, 0.3) is 0 Å². The maximum Gasteiger partial charge on any atom is 0.305 e. The Labute approximate surface area is 78.8 Å². The van der Waals surface area contributed by atoms with Gasteiger partial charge >= 0.3 is 5.97 Å². The van der Waals surface area contributed by atoms with Crippen LogP contribution < -0.4 is 11.1 Å². The van der Waals surface area contributed by atoms with E-state index in [-0.39, 0.29) is 12.0 Å². The fourth-order valence-corrected chi connectivity index (χ4v) is 1.70. The molecule has 1 fully saturated rings. The zero-order chi connectivity index (χ0) is 9.68. The van der Waals surface area contributed by atoms with Crippen LogP contribution >= 0.6 is 0 Å². The molecule has 76 valence electrons. The fourth-order valence-electron chi connectivity index (χ4n) is 1.70. The van der Waals surface area contributed by atoms with Gasteiger partial charge in [-0.3, -0.25) is 4.79 Å². The summed E-state index contributed by atoms with van der Waals surface area (Å²) in [5.41, 5.74) is 5.89. The molecule has 1 rings (SSSR count). The van der Waals surface area contributed by atoms with Crippen molar-refractivity contribution in [3.8, 4) is 0 Å². The molecule has 4 nitrogen and oxygen atoms in total. The van der Waals surface area contributed by atoms with Gasteiger partial charge in [-0.2, -0.15) is 0 Å². The van der Waals surface area contributed by atoms with Crippen LogP contribution in [-0.2, 0) is 9.53 Å². The summed E-state index contributed by atoms with van der Waals surface area (Å²) in [6.07, 6.45) is 2.42. The van der Waals surface area contributed by atoms with E-state index in [1.165, 1.54) is 7.11 Å². The maximum absolute atomic E-state index is 10.9. The smallest absolute Gasteiger partial charge is 0.305 e. The third kappa shape index (κ3) is 3.32. The number of hydrogen-bond donors (Lipinski definition) is 2. The lowest BCUT2D eigenvalue weighted by Gasteiger charge is -2.28. The Balaban J connectivity index is 2.22. The van der Waals surface area contributed by atoms with Crippen LogP contribution in [0.4, 0.5) is 0 Å². The molecule has 1 heterocycles. The molecule has 0 unspecified atom stereocenters. The van der Waals surface area contributed by atoms with Crippen molar-refractivity contribution in [2.45, 2.75) is 25.3 Å². The number of carbonyl (C=O) groups excluding carboxylic acids is 1. The summed E-state index contributed by atoms with van der Waals surface area (Å²) in [6, 6.07) is 0.193. The summed E-state index contributed by atoms with van der Waals surface area (Å²) in [5, 5.41) is 3.22. The van der Waals surface area contributed by atoms with E-state index in [4.69, 9.17) is 5.73 Å². The van der Waals surface area contributed by atoms with E-state index >= 15 is 0 Å². The Hall–Kier alpha value is -0.610. The molecule has 0 bridgehead atoms. The van der Waals surface area contributed by atoms with Crippen molar-refractivity contribution in [2.24, 2.45) is 11.7 Å². The van der Waals surface area contributed by atoms with Crippen molar-refractivity contribution in [2.75, 3.05) is 20.2 Å². The molecule has 1 aliphatic heterocycles. The fraction of sp³-hybridized carbons (Fsp3) is 0.889. The molecule has 13 heavy (non-hydrogen) atoms. The quantitative estimate of drug-likeness (QED) is 0.603. The average Bonchev–Trinajstić information content (AvgIpc) is 2.16. The second kappa shape index (κ2) is 5.19. The molecule has 0 aromatic carbocycles. The van der Waals surface area contributed by atoms with E-state index < -0.39 is 0 Å². The molecule has 1 aliphatic rings. The molecule has 0 saturated carbocycles. The molecular formula is C9H18N2O2. The molecule has 3 N–H and O–H groups in total. The van der Waals surface area contributed by atoms with Gasteiger partial charge in [0.2, 0.25) is 0 Å². The molecule has 0 aliphatic carbocycles. The number of piperidine rings is 1. The third-order valence-corrected chi connectivity index (χ3v) is 2.62. The SMILES string of the molecule is COC(=O)CC[C@H]1CCNC[C@@H]1N. The number of methoxy groups -OCH3 is 1. The van der Waals surface area contributed by atoms with E-state index in [1.807, 2.05) is 0 Å². The zero-order valence-corrected chi connectivity index (χ0v) is 8.08. The van der Waals surface area contributed by atoms with Crippen LogP contribution in [0.5, 0.6) is 0 Å². The largest absolute Gasteiger partial charge is 0.469 e. The highest BCUT2D eigenvalue weighted by Gasteiger charge is 2.21. The van der Waals surface area contributed by atoms with Crippen molar-refractivity contribution < 1.29 is 9.53 Å². The van der Waals surface area contributed by atoms with Crippen LogP contribution in [-0.4, -0.2) is 32.2 Å². The Morgan fingerprint density at radius 1 is 1.69 bits per heavy atom. The lowest BCUT2D eigenvalue weighted by molar-refractivity contribution is -0.141. The lowest BCUT2D eigenvalue weighted by Crippen LogP contribution is -2.46. The van der Waals surface area contributed by atoms with Gasteiger partial charge in [-0.15, -0.1) is 0 Å². The number of carbonyl (C=O) groups is 1. The molecule has 1 saturated heterocycles. The maximum atomic E-state index is 10.9. The van der Waals surface area contributed by atoms with E-state index in [9.17, 15) is 4.79 Å². The summed E-state index contributed by atoms with van der Waals surface area (Å²) in [5.74, 6) is 0.339. The number of ether oxygens (including phenoxy) is 1. The van der Waals surface area contributed by atoms with Gasteiger partial charge in [-0.25, -0.2) is 0 Å². The third-order valence-electron chi connectivity index (χ3n) is 2.62. The second-order valence-corrected chi connectivity index (χ2v) is 3.53. The van der Waals surface area contributed by atoms with Gasteiger partial charge in [0.1, 0.15) is 0 Å².